The Hall–Kier alpha value is -1.67. The molecule has 0 saturated carbocycles. The quantitative estimate of drug-likeness (QED) is 0.575. The van der Waals surface area contributed by atoms with Gasteiger partial charge in [-0.25, -0.2) is 4.37 Å². The second kappa shape index (κ2) is 8.22. The van der Waals surface area contributed by atoms with E-state index in [0.29, 0.717) is 5.41 Å². The van der Waals surface area contributed by atoms with Gasteiger partial charge in [-0.05, 0) is 48.8 Å². The second-order valence-corrected chi connectivity index (χ2v) is 10.8. The first-order chi connectivity index (χ1) is 14.2. The Morgan fingerprint density at radius 1 is 1.03 bits per heavy atom. The number of nitrogens with zero attached hydrogens (tertiary/aromatic N) is 5. The van der Waals surface area contributed by atoms with Crippen LogP contribution in [0.15, 0.2) is 42.6 Å². The van der Waals surface area contributed by atoms with Gasteiger partial charge in [0.05, 0.1) is 6.54 Å². The molecule has 5 nitrogen and oxygen atoms in total. The molecule has 2 aliphatic rings. The lowest BCUT2D eigenvalue weighted by atomic mass is 9.76. The van der Waals surface area contributed by atoms with Gasteiger partial charge in [0.25, 0.3) is 0 Å². The Labute approximate surface area is 180 Å². The average molecular weight is 426 g/mol. The fourth-order valence-electron chi connectivity index (χ4n) is 5.17. The fraction of sp³-hybridized carbons (Fsp3) is 0.500. The summed E-state index contributed by atoms with van der Waals surface area (Å²) in [5.41, 5.74) is 1.83. The van der Waals surface area contributed by atoms with Gasteiger partial charge in [0, 0.05) is 49.2 Å². The van der Waals surface area contributed by atoms with Crippen molar-refractivity contribution in [3.8, 4) is 0 Å². The van der Waals surface area contributed by atoms with E-state index in [1.807, 2.05) is 13.1 Å². The van der Waals surface area contributed by atoms with Crippen molar-refractivity contribution in [3.05, 3.63) is 63.1 Å². The van der Waals surface area contributed by atoms with Gasteiger partial charge in [0.1, 0.15) is 10.0 Å². The zero-order chi connectivity index (χ0) is 19.7. The smallest absolute Gasteiger partial charge is 0.131 e. The normalized spacial score (nSPS) is 24.9. The van der Waals surface area contributed by atoms with Gasteiger partial charge in [0.2, 0.25) is 0 Å². The van der Waals surface area contributed by atoms with Crippen LogP contribution in [0.4, 0.5) is 0 Å². The van der Waals surface area contributed by atoms with E-state index in [1.165, 1.54) is 43.0 Å². The molecule has 0 radical (unpaired) electrons. The standard InChI is InChI=1S/C22H27N5S2/c1-17-24-25-21(28-17)14-27-12-19-11-26(13-20-8-10-23-29-20)15-22(19,16-27)9-7-18-5-3-2-4-6-18/h2-6,8,10,19H,7,9,11-16H2,1H3. The molecule has 0 amide bonds. The maximum Gasteiger partial charge on any atom is 0.131 e. The predicted octanol–water partition coefficient (Wildman–Crippen LogP) is 3.87. The molecule has 7 heteroatoms. The molecule has 2 unspecified atom stereocenters. The first-order valence-corrected chi connectivity index (χ1v) is 11.9. The van der Waals surface area contributed by atoms with E-state index in [0.717, 1.165) is 35.4 Å². The van der Waals surface area contributed by atoms with Crippen LogP contribution >= 0.6 is 22.9 Å². The van der Waals surface area contributed by atoms with Crippen LogP contribution in [-0.4, -0.2) is 50.5 Å². The van der Waals surface area contributed by atoms with Gasteiger partial charge in [-0.15, -0.1) is 21.5 Å². The largest absolute Gasteiger partial charge is 0.297 e. The van der Waals surface area contributed by atoms with Crippen LogP contribution in [-0.2, 0) is 19.5 Å². The second-order valence-electron chi connectivity index (χ2n) is 8.58. The lowest BCUT2D eigenvalue weighted by Crippen LogP contribution is -2.34. The van der Waals surface area contributed by atoms with Gasteiger partial charge in [0.15, 0.2) is 0 Å². The number of rotatable bonds is 7. The maximum atomic E-state index is 4.37. The zero-order valence-electron chi connectivity index (χ0n) is 16.8. The van der Waals surface area contributed by atoms with E-state index < -0.39 is 0 Å². The first-order valence-electron chi connectivity index (χ1n) is 10.4. The van der Waals surface area contributed by atoms with E-state index in [1.54, 1.807) is 22.9 Å². The SMILES string of the molecule is Cc1nnc(CN2CC3CN(Cc4ccns4)CC3(CCc3ccccc3)C2)s1. The Morgan fingerprint density at radius 3 is 2.52 bits per heavy atom. The third-order valence-electron chi connectivity index (χ3n) is 6.45. The van der Waals surface area contributed by atoms with Crippen LogP contribution in [0.5, 0.6) is 0 Å². The Balaban J connectivity index is 1.30. The molecule has 0 N–H and O–H groups in total. The highest BCUT2D eigenvalue weighted by Gasteiger charge is 2.51. The van der Waals surface area contributed by atoms with Crippen molar-refractivity contribution in [1.29, 1.82) is 0 Å². The average Bonchev–Trinajstić information content (AvgIpc) is 3.47. The minimum absolute atomic E-state index is 0.375. The number of benzene rings is 1. The summed E-state index contributed by atoms with van der Waals surface area (Å²) in [4.78, 5) is 6.67. The van der Waals surface area contributed by atoms with Crippen molar-refractivity contribution in [3.63, 3.8) is 0 Å². The highest BCUT2D eigenvalue weighted by atomic mass is 32.1. The summed E-state index contributed by atoms with van der Waals surface area (Å²) >= 11 is 3.37. The van der Waals surface area contributed by atoms with Crippen LogP contribution in [0, 0.1) is 18.3 Å². The molecule has 0 bridgehead atoms. The Morgan fingerprint density at radius 2 is 1.83 bits per heavy atom. The van der Waals surface area contributed by atoms with Gasteiger partial charge >= 0.3 is 0 Å². The van der Waals surface area contributed by atoms with E-state index in [9.17, 15) is 0 Å². The summed E-state index contributed by atoms with van der Waals surface area (Å²) in [6.45, 7) is 8.76. The van der Waals surface area contributed by atoms with E-state index in [4.69, 9.17) is 0 Å². The van der Waals surface area contributed by atoms with Crippen molar-refractivity contribution in [1.82, 2.24) is 24.4 Å². The number of aromatic nitrogens is 3. The lowest BCUT2D eigenvalue weighted by Gasteiger charge is -2.29. The summed E-state index contributed by atoms with van der Waals surface area (Å²) in [6, 6.07) is 13.1. The molecule has 2 aromatic heterocycles. The zero-order valence-corrected chi connectivity index (χ0v) is 18.5. The van der Waals surface area contributed by atoms with Gasteiger partial charge < -0.3 is 0 Å². The monoisotopic (exact) mass is 425 g/mol. The van der Waals surface area contributed by atoms with Crippen LogP contribution < -0.4 is 0 Å². The minimum atomic E-state index is 0.375. The number of aryl methyl sites for hydroxylation is 2. The summed E-state index contributed by atoms with van der Waals surface area (Å²) in [5, 5.41) is 10.8. The van der Waals surface area contributed by atoms with Crippen molar-refractivity contribution >= 4 is 22.9 Å². The van der Waals surface area contributed by atoms with Gasteiger partial charge in [-0.2, -0.15) is 0 Å². The van der Waals surface area contributed by atoms with Gasteiger partial charge in [-0.3, -0.25) is 9.80 Å². The van der Waals surface area contributed by atoms with Crippen LogP contribution in [0.1, 0.15) is 26.9 Å². The van der Waals surface area contributed by atoms with Crippen molar-refractivity contribution in [2.75, 3.05) is 26.2 Å². The van der Waals surface area contributed by atoms with Crippen LogP contribution in [0.2, 0.25) is 0 Å². The molecule has 2 fully saturated rings. The topological polar surface area (TPSA) is 45.2 Å². The van der Waals surface area contributed by atoms with Crippen molar-refractivity contribution < 1.29 is 0 Å². The van der Waals surface area contributed by atoms with Crippen molar-refractivity contribution in [2.45, 2.75) is 32.9 Å². The third-order valence-corrected chi connectivity index (χ3v) is 8.00. The van der Waals surface area contributed by atoms with Crippen LogP contribution in [0.3, 0.4) is 0 Å². The molecule has 152 valence electrons. The predicted molar refractivity (Wildman–Crippen MR) is 118 cm³/mol. The molecule has 2 saturated heterocycles. The van der Waals surface area contributed by atoms with Gasteiger partial charge in [-0.1, -0.05) is 30.3 Å². The lowest BCUT2D eigenvalue weighted by molar-refractivity contribution is 0.195. The molecule has 2 aliphatic heterocycles. The molecular formula is C22H27N5S2. The number of fused-ring (bicyclic) bond motifs is 1. The molecule has 29 heavy (non-hydrogen) atoms. The minimum Gasteiger partial charge on any atom is -0.297 e. The van der Waals surface area contributed by atoms with E-state index in [2.05, 4.69) is 60.8 Å². The molecule has 3 aromatic rings. The van der Waals surface area contributed by atoms with Crippen molar-refractivity contribution in [2.24, 2.45) is 11.3 Å². The number of hydrogen-bond acceptors (Lipinski definition) is 7. The molecule has 5 rings (SSSR count). The highest BCUT2D eigenvalue weighted by molar-refractivity contribution is 7.11. The fourth-order valence-corrected chi connectivity index (χ4v) is 6.54. The Kier molecular flexibility index (Phi) is 5.47. The van der Waals surface area contributed by atoms with Crippen LogP contribution in [0.25, 0.3) is 0 Å². The highest BCUT2D eigenvalue weighted by Crippen LogP contribution is 2.46. The molecule has 4 heterocycles. The summed E-state index contributed by atoms with van der Waals surface area (Å²) in [6.07, 6.45) is 4.35. The first kappa shape index (κ1) is 19.3. The number of hydrogen-bond donors (Lipinski definition) is 0. The maximum absolute atomic E-state index is 4.37. The van der Waals surface area contributed by atoms with E-state index >= 15 is 0 Å². The molecular weight excluding hydrogens is 398 g/mol. The summed E-state index contributed by atoms with van der Waals surface area (Å²) < 4.78 is 4.29. The molecule has 1 aromatic carbocycles. The summed E-state index contributed by atoms with van der Waals surface area (Å²) in [7, 11) is 0. The molecule has 0 spiro atoms. The summed E-state index contributed by atoms with van der Waals surface area (Å²) in [5.74, 6) is 0.730. The molecule has 2 atom stereocenters. The third kappa shape index (κ3) is 4.28. The van der Waals surface area contributed by atoms with E-state index in [-0.39, 0.29) is 0 Å². The number of likely N-dealkylation sites (tertiary alicyclic amines) is 2. The molecule has 0 aliphatic carbocycles. The Bertz CT molecular complexity index is 926.